The van der Waals surface area contributed by atoms with Gasteiger partial charge < -0.3 is 25.4 Å². The van der Waals surface area contributed by atoms with Crippen LogP contribution in [-0.2, 0) is 25.5 Å². The normalized spacial score (nSPS) is 14.2. The highest BCUT2D eigenvalue weighted by atomic mass is 16.6. The Labute approximate surface area is 202 Å². The van der Waals surface area contributed by atoms with Crippen molar-refractivity contribution in [2.45, 2.75) is 59.2 Å². The van der Waals surface area contributed by atoms with Crippen LogP contribution < -0.4 is 16.0 Å². The molecule has 3 rings (SSSR count). The second-order valence-electron chi connectivity index (χ2n) is 8.63. The molecule has 0 fully saturated rings. The molecule has 0 saturated carbocycles. The first kappa shape index (κ1) is 26.8. The van der Waals surface area contributed by atoms with Gasteiger partial charge in [-0.25, -0.2) is 4.79 Å². The molecule has 34 heavy (non-hydrogen) atoms. The molecule has 1 aliphatic rings. The summed E-state index contributed by atoms with van der Waals surface area (Å²) in [6.45, 7) is 10.2. The number of rotatable bonds is 8. The van der Waals surface area contributed by atoms with Crippen LogP contribution in [0.5, 0.6) is 0 Å². The van der Waals surface area contributed by atoms with Crippen LogP contribution in [0.4, 0.5) is 17.1 Å². The van der Waals surface area contributed by atoms with E-state index in [2.05, 4.69) is 22.0 Å². The number of hydrogen-bond donors (Lipinski definition) is 3. The van der Waals surface area contributed by atoms with Crippen molar-refractivity contribution in [1.82, 2.24) is 0 Å². The van der Waals surface area contributed by atoms with Gasteiger partial charge in [0.1, 0.15) is 11.8 Å². The van der Waals surface area contributed by atoms with E-state index in [-0.39, 0.29) is 18.1 Å². The van der Waals surface area contributed by atoms with Crippen LogP contribution in [-0.4, -0.2) is 37.4 Å². The minimum absolute atomic E-state index is 0.00347. The maximum Gasteiger partial charge on any atom is 0.331 e. The average molecular weight is 468 g/mol. The number of ether oxygens (including phenoxy) is 2. The molecule has 0 bridgehead atoms. The lowest BCUT2D eigenvalue weighted by Gasteiger charge is -2.18. The lowest BCUT2D eigenvalue weighted by atomic mass is 10.1. The molecule has 0 aromatic heterocycles. The molecule has 1 aliphatic heterocycles. The summed E-state index contributed by atoms with van der Waals surface area (Å²) in [5, 5.41) is 10.3. The van der Waals surface area contributed by atoms with E-state index in [1.165, 1.54) is 13.2 Å². The Bertz CT molecular complexity index is 996. The van der Waals surface area contributed by atoms with Crippen LogP contribution in [0.3, 0.4) is 0 Å². The van der Waals surface area contributed by atoms with E-state index in [0.717, 1.165) is 28.2 Å². The summed E-state index contributed by atoms with van der Waals surface area (Å²) in [4.78, 5) is 23.4. The monoisotopic (exact) mass is 467 g/mol. The quantitative estimate of drug-likeness (QED) is 0.351. The molecule has 0 aliphatic carbocycles. The molecular formula is C27H37N3O4. The number of methoxy groups -OCH3 is 1. The Morgan fingerprint density at radius 2 is 1.76 bits per heavy atom. The molecule has 3 N–H and O–H groups in total. The Kier molecular flexibility index (Phi) is 9.98. The molecule has 1 unspecified atom stereocenters. The van der Waals surface area contributed by atoms with E-state index in [0.29, 0.717) is 19.4 Å². The number of benzene rings is 2. The van der Waals surface area contributed by atoms with Crippen LogP contribution in [0, 0.1) is 0 Å². The zero-order chi connectivity index (χ0) is 25.1. The predicted molar refractivity (Wildman–Crippen MR) is 139 cm³/mol. The first-order chi connectivity index (χ1) is 16.2. The van der Waals surface area contributed by atoms with Gasteiger partial charge in [-0.2, -0.15) is 0 Å². The number of fused-ring (bicyclic) bond motifs is 1. The summed E-state index contributed by atoms with van der Waals surface area (Å²) in [5.41, 5.74) is 4.42. The maximum atomic E-state index is 12.0. The van der Waals surface area contributed by atoms with Crippen molar-refractivity contribution < 1.29 is 19.1 Å². The van der Waals surface area contributed by atoms with Gasteiger partial charge in [-0.15, -0.1) is 0 Å². The molecule has 1 heterocycles. The number of nitrogens with one attached hydrogen (secondary N) is 3. The smallest absolute Gasteiger partial charge is 0.331 e. The number of aryl methyl sites for hydroxylation is 1. The molecule has 0 spiro atoms. The average Bonchev–Trinajstić information content (AvgIpc) is 3.22. The highest BCUT2D eigenvalue weighted by Crippen LogP contribution is 2.30. The largest absolute Gasteiger partial charge is 0.469 e. The lowest BCUT2D eigenvalue weighted by Crippen LogP contribution is -2.30. The van der Waals surface area contributed by atoms with E-state index in [4.69, 9.17) is 9.47 Å². The number of hydrogen-bond acceptors (Lipinski definition) is 7. The molecule has 2 aromatic carbocycles. The first-order valence-electron chi connectivity index (χ1n) is 11.7. The Morgan fingerprint density at radius 3 is 2.47 bits per heavy atom. The molecule has 7 nitrogen and oxygen atoms in total. The van der Waals surface area contributed by atoms with Crippen LogP contribution in [0.25, 0.3) is 6.08 Å². The fourth-order valence-corrected chi connectivity index (χ4v) is 3.36. The maximum absolute atomic E-state index is 12.0. The Balaban J connectivity index is 0.00000199. The van der Waals surface area contributed by atoms with E-state index < -0.39 is 5.60 Å². The van der Waals surface area contributed by atoms with Crippen molar-refractivity contribution in [3.05, 3.63) is 59.7 Å². The van der Waals surface area contributed by atoms with Gasteiger partial charge in [-0.1, -0.05) is 38.1 Å². The molecule has 0 saturated heterocycles. The summed E-state index contributed by atoms with van der Waals surface area (Å²) >= 11 is 0. The molecular weight excluding hydrogens is 430 g/mol. The van der Waals surface area contributed by atoms with Gasteiger partial charge in [0.2, 0.25) is 0 Å². The molecule has 0 radical (unpaired) electrons. The Morgan fingerprint density at radius 1 is 1.06 bits per heavy atom. The van der Waals surface area contributed by atoms with Gasteiger partial charge in [0, 0.05) is 18.2 Å². The number of para-hydroxylation sites is 1. The standard InChI is InChI=1S/C25H31N3O4.C2H6/c1-25(2,3)32-24(30)14-11-18-7-5-6-8-19(18)26-16-22-27-20-12-9-17(15-21(20)28-22)10-13-23(29)31-4;1-2/h5-9,11-12,14-15,22,26-28H,10,13,16H2,1-4H3;1-2H3/b14-11+;. The zero-order valence-corrected chi connectivity index (χ0v) is 21.0. The van der Waals surface area contributed by atoms with Gasteiger partial charge >= 0.3 is 11.9 Å². The first-order valence-corrected chi connectivity index (χ1v) is 11.7. The van der Waals surface area contributed by atoms with Gasteiger partial charge in [0.05, 0.1) is 25.0 Å². The second kappa shape index (κ2) is 12.7. The van der Waals surface area contributed by atoms with Crippen LogP contribution in [0.1, 0.15) is 52.2 Å². The number of carbonyl (C=O) groups excluding carboxylic acids is 2. The zero-order valence-electron chi connectivity index (χ0n) is 21.0. The van der Waals surface area contributed by atoms with Crippen LogP contribution in [0.15, 0.2) is 48.5 Å². The molecule has 0 amide bonds. The third-order valence-corrected chi connectivity index (χ3v) is 4.85. The number of anilines is 3. The summed E-state index contributed by atoms with van der Waals surface area (Å²) < 4.78 is 10.0. The van der Waals surface area contributed by atoms with Gasteiger partial charge in [-0.05, 0) is 62.6 Å². The summed E-state index contributed by atoms with van der Waals surface area (Å²) in [7, 11) is 1.40. The summed E-state index contributed by atoms with van der Waals surface area (Å²) in [5.74, 6) is -0.581. The fourth-order valence-electron chi connectivity index (χ4n) is 3.36. The van der Waals surface area contributed by atoms with E-state index in [1.54, 1.807) is 6.08 Å². The van der Waals surface area contributed by atoms with E-state index in [1.807, 2.05) is 71.0 Å². The molecule has 7 heteroatoms. The second-order valence-corrected chi connectivity index (χ2v) is 8.63. The predicted octanol–water partition coefficient (Wildman–Crippen LogP) is 5.45. The minimum atomic E-state index is -0.521. The van der Waals surface area contributed by atoms with Crippen molar-refractivity contribution in [3.8, 4) is 0 Å². The topological polar surface area (TPSA) is 88.7 Å². The number of esters is 2. The lowest BCUT2D eigenvalue weighted by molar-refractivity contribution is -0.148. The van der Waals surface area contributed by atoms with Crippen LogP contribution in [0.2, 0.25) is 0 Å². The Hall–Kier alpha value is -3.48. The van der Waals surface area contributed by atoms with Crippen molar-refractivity contribution in [1.29, 1.82) is 0 Å². The van der Waals surface area contributed by atoms with E-state index in [9.17, 15) is 9.59 Å². The number of carbonyl (C=O) groups is 2. The molecule has 2 aromatic rings. The van der Waals surface area contributed by atoms with E-state index >= 15 is 0 Å². The third-order valence-electron chi connectivity index (χ3n) is 4.85. The van der Waals surface area contributed by atoms with Crippen molar-refractivity contribution >= 4 is 35.1 Å². The van der Waals surface area contributed by atoms with Crippen molar-refractivity contribution in [3.63, 3.8) is 0 Å². The molecule has 184 valence electrons. The third kappa shape index (κ3) is 8.46. The van der Waals surface area contributed by atoms with Crippen LogP contribution >= 0.6 is 0 Å². The van der Waals surface area contributed by atoms with Gasteiger partial charge in [0.25, 0.3) is 0 Å². The van der Waals surface area contributed by atoms with Crippen molar-refractivity contribution in [2.24, 2.45) is 0 Å². The van der Waals surface area contributed by atoms with Crippen molar-refractivity contribution in [2.75, 3.05) is 29.6 Å². The fraction of sp³-hybridized carbons (Fsp3) is 0.407. The minimum Gasteiger partial charge on any atom is -0.469 e. The summed E-state index contributed by atoms with van der Waals surface area (Å²) in [6, 6.07) is 13.9. The molecule has 1 atom stereocenters. The summed E-state index contributed by atoms with van der Waals surface area (Å²) in [6.07, 6.45) is 4.21. The highest BCUT2D eigenvalue weighted by Gasteiger charge is 2.20. The highest BCUT2D eigenvalue weighted by molar-refractivity contribution is 5.88. The van der Waals surface area contributed by atoms with Gasteiger partial charge in [-0.3, -0.25) is 4.79 Å². The van der Waals surface area contributed by atoms with Gasteiger partial charge in [0.15, 0.2) is 0 Å². The SMILES string of the molecule is CC.COC(=O)CCc1ccc2c(c1)NC(CNc1ccccc1/C=C/C(=O)OC(C)(C)C)N2.